The third-order valence-electron chi connectivity index (χ3n) is 2.97. The Morgan fingerprint density at radius 2 is 2.17 bits per heavy atom. The lowest BCUT2D eigenvalue weighted by Crippen LogP contribution is -2.07. The molecule has 96 valence electrons. The number of hydrogen-bond acceptors (Lipinski definition) is 3. The molecule has 0 unspecified atom stereocenters. The standard InChI is InChI=1S/C14H19N3O/c1-4-17-13(7-8-16-17)10-15-12-5-6-14(18-3)11(2)9-12/h5-9,15H,4,10H2,1-3H3. The molecular formula is C14H19N3O. The van der Waals surface area contributed by atoms with Crippen LogP contribution in [0, 0.1) is 6.92 Å². The van der Waals surface area contributed by atoms with Gasteiger partial charge in [-0.05, 0) is 43.7 Å². The Kier molecular flexibility index (Phi) is 3.87. The molecule has 0 saturated carbocycles. The zero-order valence-electron chi connectivity index (χ0n) is 11.1. The van der Waals surface area contributed by atoms with Crippen molar-refractivity contribution >= 4 is 5.69 Å². The third-order valence-corrected chi connectivity index (χ3v) is 2.97. The first-order chi connectivity index (χ1) is 8.74. The number of nitrogens with zero attached hydrogens (tertiary/aromatic N) is 2. The summed E-state index contributed by atoms with van der Waals surface area (Å²) in [6, 6.07) is 8.13. The van der Waals surface area contributed by atoms with Crippen LogP contribution in [0.1, 0.15) is 18.2 Å². The Hall–Kier alpha value is -1.97. The predicted molar refractivity (Wildman–Crippen MR) is 73.0 cm³/mol. The number of hydrogen-bond donors (Lipinski definition) is 1. The van der Waals surface area contributed by atoms with E-state index in [9.17, 15) is 0 Å². The molecule has 1 N–H and O–H groups in total. The predicted octanol–water partition coefficient (Wildman–Crippen LogP) is 2.83. The van der Waals surface area contributed by atoms with E-state index in [0.717, 1.165) is 30.1 Å². The van der Waals surface area contributed by atoms with E-state index in [1.165, 1.54) is 5.69 Å². The van der Waals surface area contributed by atoms with Gasteiger partial charge in [0.15, 0.2) is 0 Å². The van der Waals surface area contributed by atoms with Crippen molar-refractivity contribution in [3.05, 3.63) is 41.7 Å². The molecule has 0 amide bonds. The molecule has 2 aromatic rings. The van der Waals surface area contributed by atoms with Crippen LogP contribution in [0.15, 0.2) is 30.5 Å². The van der Waals surface area contributed by atoms with Crippen LogP contribution in [0.4, 0.5) is 5.69 Å². The Balaban J connectivity index is 2.04. The van der Waals surface area contributed by atoms with Crippen molar-refractivity contribution in [1.82, 2.24) is 9.78 Å². The summed E-state index contributed by atoms with van der Waals surface area (Å²) in [7, 11) is 1.69. The summed E-state index contributed by atoms with van der Waals surface area (Å²) in [5.74, 6) is 0.916. The molecule has 0 spiro atoms. The van der Waals surface area contributed by atoms with Crippen LogP contribution in [0.2, 0.25) is 0 Å². The molecule has 0 aliphatic rings. The van der Waals surface area contributed by atoms with Gasteiger partial charge < -0.3 is 10.1 Å². The van der Waals surface area contributed by atoms with E-state index in [-0.39, 0.29) is 0 Å². The van der Waals surface area contributed by atoms with Crippen LogP contribution >= 0.6 is 0 Å². The van der Waals surface area contributed by atoms with Crippen molar-refractivity contribution in [1.29, 1.82) is 0 Å². The lowest BCUT2D eigenvalue weighted by atomic mass is 10.2. The van der Waals surface area contributed by atoms with Crippen LogP contribution < -0.4 is 10.1 Å². The molecule has 2 rings (SSSR count). The minimum Gasteiger partial charge on any atom is -0.496 e. The van der Waals surface area contributed by atoms with E-state index in [4.69, 9.17) is 4.74 Å². The summed E-state index contributed by atoms with van der Waals surface area (Å²) < 4.78 is 7.23. The van der Waals surface area contributed by atoms with Crippen molar-refractivity contribution in [3.8, 4) is 5.75 Å². The summed E-state index contributed by atoms with van der Waals surface area (Å²) in [5.41, 5.74) is 3.41. The Morgan fingerprint density at radius 1 is 1.33 bits per heavy atom. The third kappa shape index (κ3) is 2.64. The molecular weight excluding hydrogens is 226 g/mol. The Labute approximate surface area is 108 Å². The van der Waals surface area contributed by atoms with Crippen LogP contribution in [-0.4, -0.2) is 16.9 Å². The van der Waals surface area contributed by atoms with Crippen LogP contribution in [0.5, 0.6) is 5.75 Å². The second-order valence-electron chi connectivity index (χ2n) is 4.18. The summed E-state index contributed by atoms with van der Waals surface area (Å²) in [6.07, 6.45) is 1.83. The van der Waals surface area contributed by atoms with Crippen LogP contribution in [-0.2, 0) is 13.1 Å². The topological polar surface area (TPSA) is 39.1 Å². The summed E-state index contributed by atoms with van der Waals surface area (Å²) in [6.45, 7) is 5.81. The molecule has 1 heterocycles. The first-order valence-electron chi connectivity index (χ1n) is 6.13. The SMILES string of the molecule is CCn1nccc1CNc1ccc(OC)c(C)c1. The van der Waals surface area contributed by atoms with E-state index in [2.05, 4.69) is 23.4 Å². The maximum absolute atomic E-state index is 5.24. The first-order valence-corrected chi connectivity index (χ1v) is 6.13. The fourth-order valence-corrected chi connectivity index (χ4v) is 1.98. The minimum absolute atomic E-state index is 0.777. The maximum atomic E-state index is 5.24. The molecule has 0 fully saturated rings. The summed E-state index contributed by atoms with van der Waals surface area (Å²) >= 11 is 0. The Bertz CT molecular complexity index is 520. The molecule has 4 heteroatoms. The first kappa shape index (κ1) is 12.5. The highest BCUT2D eigenvalue weighted by Gasteiger charge is 2.02. The van der Waals surface area contributed by atoms with E-state index >= 15 is 0 Å². The molecule has 4 nitrogen and oxygen atoms in total. The zero-order valence-corrected chi connectivity index (χ0v) is 11.1. The van der Waals surface area contributed by atoms with Gasteiger partial charge in [-0.3, -0.25) is 4.68 Å². The number of nitrogens with one attached hydrogen (secondary N) is 1. The van der Waals surface area contributed by atoms with Gasteiger partial charge in [-0.15, -0.1) is 0 Å². The van der Waals surface area contributed by atoms with Crippen LogP contribution in [0.3, 0.4) is 0 Å². The highest BCUT2D eigenvalue weighted by Crippen LogP contribution is 2.21. The van der Waals surface area contributed by atoms with Gasteiger partial charge in [0.1, 0.15) is 5.75 Å². The monoisotopic (exact) mass is 245 g/mol. The van der Waals surface area contributed by atoms with Gasteiger partial charge in [0, 0.05) is 18.4 Å². The quantitative estimate of drug-likeness (QED) is 0.880. The Morgan fingerprint density at radius 3 is 2.83 bits per heavy atom. The number of benzene rings is 1. The molecule has 0 radical (unpaired) electrons. The number of methoxy groups -OCH3 is 1. The van der Waals surface area contributed by atoms with Crippen LogP contribution in [0.25, 0.3) is 0 Å². The van der Waals surface area contributed by atoms with Crippen molar-refractivity contribution in [2.75, 3.05) is 12.4 Å². The molecule has 0 aliphatic carbocycles. The average Bonchev–Trinajstić information content (AvgIpc) is 2.84. The largest absolute Gasteiger partial charge is 0.496 e. The molecule has 0 aliphatic heterocycles. The molecule has 0 atom stereocenters. The van der Waals surface area contributed by atoms with Crippen molar-refractivity contribution in [2.24, 2.45) is 0 Å². The summed E-state index contributed by atoms with van der Waals surface area (Å²) in [4.78, 5) is 0. The molecule has 1 aromatic heterocycles. The molecule has 18 heavy (non-hydrogen) atoms. The number of aromatic nitrogens is 2. The van der Waals surface area contributed by atoms with Crippen molar-refractivity contribution in [2.45, 2.75) is 26.9 Å². The maximum Gasteiger partial charge on any atom is 0.121 e. The van der Waals surface area contributed by atoms with E-state index in [0.29, 0.717) is 0 Å². The number of aryl methyl sites for hydroxylation is 2. The van der Waals surface area contributed by atoms with Gasteiger partial charge >= 0.3 is 0 Å². The fraction of sp³-hybridized carbons (Fsp3) is 0.357. The van der Waals surface area contributed by atoms with E-state index in [1.807, 2.05) is 36.0 Å². The molecule has 0 saturated heterocycles. The normalized spacial score (nSPS) is 10.4. The second kappa shape index (κ2) is 5.58. The fourth-order valence-electron chi connectivity index (χ4n) is 1.98. The van der Waals surface area contributed by atoms with Gasteiger partial charge in [0.2, 0.25) is 0 Å². The number of anilines is 1. The van der Waals surface area contributed by atoms with Gasteiger partial charge in [0.25, 0.3) is 0 Å². The van der Waals surface area contributed by atoms with Gasteiger partial charge in [-0.2, -0.15) is 5.10 Å². The van der Waals surface area contributed by atoms with E-state index in [1.54, 1.807) is 7.11 Å². The molecule has 1 aromatic carbocycles. The van der Waals surface area contributed by atoms with Gasteiger partial charge in [-0.1, -0.05) is 0 Å². The highest BCUT2D eigenvalue weighted by atomic mass is 16.5. The van der Waals surface area contributed by atoms with E-state index < -0.39 is 0 Å². The van der Waals surface area contributed by atoms with Crippen molar-refractivity contribution in [3.63, 3.8) is 0 Å². The van der Waals surface area contributed by atoms with Gasteiger partial charge in [0.05, 0.1) is 19.3 Å². The summed E-state index contributed by atoms with van der Waals surface area (Å²) in [5, 5.41) is 7.65. The molecule has 0 bridgehead atoms. The smallest absolute Gasteiger partial charge is 0.121 e. The lowest BCUT2D eigenvalue weighted by Gasteiger charge is -2.10. The highest BCUT2D eigenvalue weighted by molar-refractivity contribution is 5.50. The zero-order chi connectivity index (χ0) is 13.0. The van der Waals surface area contributed by atoms with Gasteiger partial charge in [-0.25, -0.2) is 0 Å². The second-order valence-corrected chi connectivity index (χ2v) is 4.18. The van der Waals surface area contributed by atoms with Crippen molar-refractivity contribution < 1.29 is 4.74 Å². The average molecular weight is 245 g/mol. The lowest BCUT2D eigenvalue weighted by molar-refractivity contribution is 0.412. The number of rotatable bonds is 5. The number of ether oxygens (including phenoxy) is 1. The minimum atomic E-state index is 0.777.